The van der Waals surface area contributed by atoms with Gasteiger partial charge in [0.1, 0.15) is 5.75 Å². The number of benzene rings is 1. The van der Waals surface area contributed by atoms with Gasteiger partial charge in [-0.1, -0.05) is 32.4 Å². The number of carboxylic acids is 1. The minimum Gasteiger partial charge on any atom is -0.496 e. The third kappa shape index (κ3) is 2.82. The molecule has 0 heterocycles. The highest BCUT2D eigenvalue weighted by Gasteiger charge is 2.27. The zero-order chi connectivity index (χ0) is 14.1. The summed E-state index contributed by atoms with van der Waals surface area (Å²) in [6, 6.07) is 3.60. The molecule has 0 aliphatic heterocycles. The molecule has 0 bridgehead atoms. The van der Waals surface area contributed by atoms with Crippen LogP contribution in [0.1, 0.15) is 43.6 Å². The molecule has 1 aromatic carbocycles. The van der Waals surface area contributed by atoms with E-state index in [0.29, 0.717) is 11.3 Å². The minimum absolute atomic E-state index is 0.190. The maximum atomic E-state index is 10.9. The van der Waals surface area contributed by atoms with E-state index >= 15 is 0 Å². The highest BCUT2D eigenvalue weighted by atomic mass is 16.5. The second-order valence-corrected chi connectivity index (χ2v) is 5.43. The summed E-state index contributed by atoms with van der Waals surface area (Å²) in [6.45, 7) is 7.91. The molecule has 0 saturated carbocycles. The first-order chi connectivity index (χ1) is 8.18. The van der Waals surface area contributed by atoms with Crippen LogP contribution in [0, 0.1) is 6.92 Å². The summed E-state index contributed by atoms with van der Waals surface area (Å²) in [5.41, 5.74) is 1.90. The van der Waals surface area contributed by atoms with Gasteiger partial charge in [-0.25, -0.2) is 4.79 Å². The van der Waals surface area contributed by atoms with Gasteiger partial charge in [0, 0.05) is 11.1 Å². The normalized spacial score (nSPS) is 13.2. The van der Waals surface area contributed by atoms with Crippen molar-refractivity contribution in [3.05, 3.63) is 28.8 Å². The lowest BCUT2D eigenvalue weighted by molar-refractivity contribution is -0.147. The summed E-state index contributed by atoms with van der Waals surface area (Å²) in [4.78, 5) is 10.9. The molecule has 4 heteroatoms. The number of methoxy groups -OCH3 is 1. The van der Waals surface area contributed by atoms with E-state index in [4.69, 9.17) is 9.84 Å². The van der Waals surface area contributed by atoms with E-state index < -0.39 is 12.1 Å². The van der Waals surface area contributed by atoms with Crippen LogP contribution in [0.4, 0.5) is 0 Å². The Labute approximate surface area is 107 Å². The SMILES string of the molecule is COc1c(C(O)C(=O)O)cc(C)cc1C(C)(C)C. The Morgan fingerprint density at radius 1 is 1.33 bits per heavy atom. The Morgan fingerprint density at radius 3 is 2.28 bits per heavy atom. The molecule has 1 atom stereocenters. The summed E-state index contributed by atoms with van der Waals surface area (Å²) < 4.78 is 5.31. The number of hydrogen-bond acceptors (Lipinski definition) is 3. The van der Waals surface area contributed by atoms with Crippen LogP contribution in [0.3, 0.4) is 0 Å². The van der Waals surface area contributed by atoms with Crippen molar-refractivity contribution in [3.8, 4) is 5.75 Å². The van der Waals surface area contributed by atoms with Gasteiger partial charge in [0.2, 0.25) is 0 Å². The fourth-order valence-corrected chi connectivity index (χ4v) is 1.92. The van der Waals surface area contributed by atoms with Gasteiger partial charge in [-0.2, -0.15) is 0 Å². The van der Waals surface area contributed by atoms with Crippen LogP contribution in [-0.4, -0.2) is 23.3 Å². The van der Waals surface area contributed by atoms with Crippen molar-refractivity contribution in [1.29, 1.82) is 0 Å². The highest BCUT2D eigenvalue weighted by Crippen LogP contribution is 2.37. The lowest BCUT2D eigenvalue weighted by Crippen LogP contribution is -2.18. The predicted octanol–water partition coefficient (Wildman–Crippen LogP) is 2.42. The number of aliphatic hydroxyl groups excluding tert-OH is 1. The summed E-state index contributed by atoms with van der Waals surface area (Å²) in [5, 5.41) is 18.7. The quantitative estimate of drug-likeness (QED) is 0.867. The average molecular weight is 252 g/mol. The molecule has 100 valence electrons. The Balaban J connectivity index is 3.52. The second-order valence-electron chi connectivity index (χ2n) is 5.43. The fraction of sp³-hybridized carbons (Fsp3) is 0.500. The first-order valence-corrected chi connectivity index (χ1v) is 5.78. The van der Waals surface area contributed by atoms with Crippen molar-refractivity contribution in [1.82, 2.24) is 0 Å². The predicted molar refractivity (Wildman–Crippen MR) is 69.0 cm³/mol. The first-order valence-electron chi connectivity index (χ1n) is 5.78. The van der Waals surface area contributed by atoms with Crippen LogP contribution in [0.2, 0.25) is 0 Å². The molecule has 1 aromatic rings. The van der Waals surface area contributed by atoms with Gasteiger partial charge in [0.25, 0.3) is 0 Å². The van der Waals surface area contributed by atoms with Gasteiger partial charge < -0.3 is 14.9 Å². The molecule has 0 saturated heterocycles. The number of carboxylic acid groups (broad SMARTS) is 1. The molecule has 2 N–H and O–H groups in total. The molecule has 0 aromatic heterocycles. The van der Waals surface area contributed by atoms with E-state index in [1.54, 1.807) is 6.07 Å². The maximum Gasteiger partial charge on any atom is 0.337 e. The number of aryl methyl sites for hydroxylation is 1. The molecule has 0 amide bonds. The van der Waals surface area contributed by atoms with Gasteiger partial charge in [0.05, 0.1) is 7.11 Å². The molecule has 18 heavy (non-hydrogen) atoms. The summed E-state index contributed by atoms with van der Waals surface area (Å²) in [5.74, 6) is -0.832. The Bertz CT molecular complexity index is 458. The molecule has 0 spiro atoms. The average Bonchev–Trinajstić information content (AvgIpc) is 2.25. The molecule has 0 aliphatic rings. The van der Waals surface area contributed by atoms with E-state index in [0.717, 1.165) is 11.1 Å². The summed E-state index contributed by atoms with van der Waals surface area (Å²) in [7, 11) is 1.48. The first kappa shape index (κ1) is 14.5. The molecular weight excluding hydrogens is 232 g/mol. The van der Waals surface area contributed by atoms with E-state index in [2.05, 4.69) is 0 Å². The van der Waals surface area contributed by atoms with Crippen LogP contribution in [-0.2, 0) is 10.2 Å². The number of hydrogen-bond donors (Lipinski definition) is 2. The van der Waals surface area contributed by atoms with Crippen molar-refractivity contribution >= 4 is 5.97 Å². The van der Waals surface area contributed by atoms with Crippen LogP contribution < -0.4 is 4.74 Å². The standard InChI is InChI=1S/C14H20O4/c1-8-6-9(11(15)13(16)17)12(18-5)10(7-8)14(2,3)4/h6-7,11,15H,1-5H3,(H,16,17). The Morgan fingerprint density at radius 2 is 1.89 bits per heavy atom. The van der Waals surface area contributed by atoms with Crippen molar-refractivity contribution < 1.29 is 19.7 Å². The largest absolute Gasteiger partial charge is 0.496 e. The van der Waals surface area contributed by atoms with Crippen LogP contribution in [0.25, 0.3) is 0 Å². The van der Waals surface area contributed by atoms with Crippen LogP contribution in [0.5, 0.6) is 5.75 Å². The van der Waals surface area contributed by atoms with Gasteiger partial charge in [-0.15, -0.1) is 0 Å². The van der Waals surface area contributed by atoms with E-state index in [1.807, 2.05) is 33.8 Å². The van der Waals surface area contributed by atoms with Gasteiger partial charge >= 0.3 is 5.97 Å². The number of carbonyl (C=O) groups is 1. The lowest BCUT2D eigenvalue weighted by Gasteiger charge is -2.25. The molecule has 1 unspecified atom stereocenters. The van der Waals surface area contributed by atoms with E-state index in [1.165, 1.54) is 7.11 Å². The monoisotopic (exact) mass is 252 g/mol. The topological polar surface area (TPSA) is 66.8 Å². The van der Waals surface area contributed by atoms with Crippen molar-refractivity contribution in [3.63, 3.8) is 0 Å². The van der Waals surface area contributed by atoms with Gasteiger partial charge in [-0.05, 0) is 18.4 Å². The zero-order valence-electron chi connectivity index (χ0n) is 11.4. The van der Waals surface area contributed by atoms with Crippen molar-refractivity contribution in [2.45, 2.75) is 39.2 Å². The lowest BCUT2D eigenvalue weighted by atomic mass is 9.83. The highest BCUT2D eigenvalue weighted by molar-refractivity contribution is 5.75. The summed E-state index contributed by atoms with van der Waals surface area (Å²) in [6.07, 6.45) is -1.57. The van der Waals surface area contributed by atoms with Crippen LogP contribution >= 0.6 is 0 Å². The van der Waals surface area contributed by atoms with E-state index in [9.17, 15) is 9.90 Å². The Kier molecular flexibility index (Phi) is 4.02. The smallest absolute Gasteiger partial charge is 0.337 e. The Hall–Kier alpha value is -1.55. The van der Waals surface area contributed by atoms with Crippen molar-refractivity contribution in [2.24, 2.45) is 0 Å². The van der Waals surface area contributed by atoms with Gasteiger partial charge in [0.15, 0.2) is 6.10 Å². The van der Waals surface area contributed by atoms with Gasteiger partial charge in [-0.3, -0.25) is 0 Å². The maximum absolute atomic E-state index is 10.9. The third-order valence-corrected chi connectivity index (χ3v) is 2.80. The molecule has 4 nitrogen and oxygen atoms in total. The molecule has 0 radical (unpaired) electrons. The molecular formula is C14H20O4. The number of rotatable bonds is 3. The number of aliphatic carboxylic acids is 1. The fourth-order valence-electron chi connectivity index (χ4n) is 1.92. The minimum atomic E-state index is -1.57. The molecule has 0 fully saturated rings. The second kappa shape index (κ2) is 4.98. The van der Waals surface area contributed by atoms with Crippen molar-refractivity contribution in [2.75, 3.05) is 7.11 Å². The summed E-state index contributed by atoms with van der Waals surface area (Å²) >= 11 is 0. The number of aliphatic hydroxyl groups is 1. The molecule has 0 aliphatic carbocycles. The zero-order valence-corrected chi connectivity index (χ0v) is 11.4. The number of ether oxygens (including phenoxy) is 1. The molecule has 1 rings (SSSR count). The van der Waals surface area contributed by atoms with Crippen LogP contribution in [0.15, 0.2) is 12.1 Å². The van der Waals surface area contributed by atoms with E-state index in [-0.39, 0.29) is 5.41 Å². The third-order valence-electron chi connectivity index (χ3n) is 2.80.